The van der Waals surface area contributed by atoms with Crippen LogP contribution in [0.15, 0.2) is 82.6 Å². The number of fused-ring (bicyclic) bond motifs is 1. The number of aryl methyl sites for hydroxylation is 1. The Morgan fingerprint density at radius 3 is 2.85 bits per heavy atom. The molecule has 134 valence electrons. The lowest BCUT2D eigenvalue weighted by Crippen LogP contribution is -2.16. The molecule has 4 rings (SSSR count). The zero-order valence-electron chi connectivity index (χ0n) is 14.9. The monoisotopic (exact) mass is 357 g/mol. The Morgan fingerprint density at radius 2 is 2.04 bits per heavy atom. The molecule has 5 nitrogen and oxygen atoms in total. The first-order valence-corrected chi connectivity index (χ1v) is 8.71. The molecule has 0 aliphatic rings. The Morgan fingerprint density at radius 1 is 1.15 bits per heavy atom. The van der Waals surface area contributed by atoms with Crippen LogP contribution in [0.4, 0.5) is 0 Å². The number of hydrogen-bond donors (Lipinski definition) is 1. The minimum atomic E-state index is -0.375. The van der Waals surface area contributed by atoms with Crippen molar-refractivity contribution in [3.05, 3.63) is 95.6 Å². The summed E-state index contributed by atoms with van der Waals surface area (Å²) in [6, 6.07) is 19.9. The molecule has 0 unspecified atom stereocenters. The molecule has 0 saturated carbocycles. The van der Waals surface area contributed by atoms with Gasteiger partial charge in [0.25, 0.3) is 0 Å². The average molecular weight is 357 g/mol. The highest BCUT2D eigenvalue weighted by Gasteiger charge is 2.09. The zero-order chi connectivity index (χ0) is 18.6. The van der Waals surface area contributed by atoms with Gasteiger partial charge < -0.3 is 8.98 Å². The summed E-state index contributed by atoms with van der Waals surface area (Å²) in [6.07, 6.45) is 5.17. The van der Waals surface area contributed by atoms with Gasteiger partial charge in [0.1, 0.15) is 0 Å². The molecule has 4 aromatic rings. The van der Waals surface area contributed by atoms with Crippen LogP contribution in [0, 0.1) is 6.92 Å². The van der Waals surface area contributed by atoms with Crippen LogP contribution in [0.2, 0.25) is 0 Å². The first-order chi connectivity index (χ1) is 13.2. The standard InChI is InChI=1S/C22H19N3O2/c1-16-6-4-7-17(12-16)14-25-15-18(19-8-2-3-9-20(19)25)13-23-24-22(26)21-10-5-11-27-21/h2-13,15H,14H2,1H3,(H,24,26)/b23-13+. The fourth-order valence-electron chi connectivity index (χ4n) is 3.14. The summed E-state index contributed by atoms with van der Waals surface area (Å²) in [5.41, 5.74) is 7.04. The van der Waals surface area contributed by atoms with Crippen LogP contribution in [0.3, 0.4) is 0 Å². The molecule has 0 spiro atoms. The van der Waals surface area contributed by atoms with Gasteiger partial charge in [0, 0.05) is 29.2 Å². The van der Waals surface area contributed by atoms with Gasteiger partial charge in [-0.25, -0.2) is 5.43 Å². The minimum Gasteiger partial charge on any atom is -0.459 e. The molecule has 0 fully saturated rings. The number of furan rings is 1. The number of amides is 1. The summed E-state index contributed by atoms with van der Waals surface area (Å²) in [5.74, 6) is -0.145. The van der Waals surface area contributed by atoms with Gasteiger partial charge >= 0.3 is 5.91 Å². The van der Waals surface area contributed by atoms with Crippen molar-refractivity contribution in [2.24, 2.45) is 5.10 Å². The van der Waals surface area contributed by atoms with Gasteiger partial charge in [0.05, 0.1) is 12.5 Å². The maximum Gasteiger partial charge on any atom is 0.307 e. The Bertz CT molecular complexity index is 1110. The second kappa shape index (κ2) is 7.33. The van der Waals surface area contributed by atoms with E-state index in [9.17, 15) is 4.79 Å². The van der Waals surface area contributed by atoms with E-state index in [2.05, 4.69) is 64.6 Å². The van der Waals surface area contributed by atoms with Gasteiger partial charge in [0.2, 0.25) is 0 Å². The van der Waals surface area contributed by atoms with Crippen molar-refractivity contribution in [3.63, 3.8) is 0 Å². The Hall–Kier alpha value is -3.60. The maximum atomic E-state index is 11.9. The van der Waals surface area contributed by atoms with Gasteiger partial charge in [-0.15, -0.1) is 0 Å². The predicted octanol–water partition coefficient (Wildman–Crippen LogP) is 4.35. The SMILES string of the molecule is Cc1cccc(Cn2cc(/C=N/NC(=O)c3ccco3)c3ccccc32)c1. The quantitative estimate of drug-likeness (QED) is 0.426. The number of para-hydroxylation sites is 1. The fourth-order valence-corrected chi connectivity index (χ4v) is 3.14. The van der Waals surface area contributed by atoms with Crippen LogP contribution >= 0.6 is 0 Å². The van der Waals surface area contributed by atoms with Crippen LogP contribution in [0.25, 0.3) is 10.9 Å². The highest BCUT2D eigenvalue weighted by molar-refractivity contribution is 6.00. The van der Waals surface area contributed by atoms with Crippen LogP contribution in [-0.4, -0.2) is 16.7 Å². The van der Waals surface area contributed by atoms with Crippen molar-refractivity contribution < 1.29 is 9.21 Å². The molecule has 5 heteroatoms. The first-order valence-electron chi connectivity index (χ1n) is 8.71. The molecule has 0 radical (unpaired) electrons. The molecule has 0 saturated heterocycles. The van der Waals surface area contributed by atoms with E-state index in [4.69, 9.17) is 4.42 Å². The number of hydrazone groups is 1. The number of carbonyl (C=O) groups is 1. The molecule has 0 bridgehead atoms. The third-order valence-electron chi connectivity index (χ3n) is 4.37. The third-order valence-corrected chi connectivity index (χ3v) is 4.37. The van der Waals surface area contributed by atoms with Gasteiger partial charge in [-0.3, -0.25) is 4.79 Å². The van der Waals surface area contributed by atoms with Gasteiger partial charge in [0.15, 0.2) is 5.76 Å². The van der Waals surface area contributed by atoms with Crippen molar-refractivity contribution in [2.45, 2.75) is 13.5 Å². The van der Waals surface area contributed by atoms with Crippen molar-refractivity contribution in [1.29, 1.82) is 0 Å². The minimum absolute atomic E-state index is 0.231. The Kier molecular flexibility index (Phi) is 4.58. The zero-order valence-corrected chi connectivity index (χ0v) is 14.9. The topological polar surface area (TPSA) is 59.5 Å². The summed E-state index contributed by atoms with van der Waals surface area (Å²) >= 11 is 0. The predicted molar refractivity (Wildman–Crippen MR) is 106 cm³/mol. The molecule has 0 atom stereocenters. The highest BCUT2D eigenvalue weighted by Crippen LogP contribution is 2.21. The summed E-state index contributed by atoms with van der Waals surface area (Å²) in [4.78, 5) is 11.9. The highest BCUT2D eigenvalue weighted by atomic mass is 16.3. The second-order valence-electron chi connectivity index (χ2n) is 6.39. The summed E-state index contributed by atoms with van der Waals surface area (Å²) in [7, 11) is 0. The molecule has 2 aromatic heterocycles. The van der Waals surface area contributed by atoms with E-state index >= 15 is 0 Å². The third kappa shape index (κ3) is 3.67. The molecule has 0 aliphatic carbocycles. The largest absolute Gasteiger partial charge is 0.459 e. The average Bonchev–Trinajstić information content (AvgIpc) is 3.31. The van der Waals surface area contributed by atoms with E-state index in [1.807, 2.05) is 12.1 Å². The lowest BCUT2D eigenvalue weighted by atomic mass is 10.1. The Labute approximate surface area is 156 Å². The summed E-state index contributed by atoms with van der Waals surface area (Å²) < 4.78 is 7.25. The van der Waals surface area contributed by atoms with E-state index in [0.717, 1.165) is 23.0 Å². The lowest BCUT2D eigenvalue weighted by Gasteiger charge is -2.06. The van der Waals surface area contributed by atoms with Gasteiger partial charge in [-0.05, 0) is 30.7 Å². The number of benzene rings is 2. The van der Waals surface area contributed by atoms with Crippen LogP contribution in [0.5, 0.6) is 0 Å². The maximum absolute atomic E-state index is 11.9. The molecule has 2 heterocycles. The summed E-state index contributed by atoms with van der Waals surface area (Å²) in [6.45, 7) is 2.87. The molecule has 1 amide bonds. The van der Waals surface area contributed by atoms with Gasteiger partial charge in [-0.1, -0.05) is 48.0 Å². The van der Waals surface area contributed by atoms with Crippen LogP contribution < -0.4 is 5.43 Å². The number of rotatable bonds is 5. The van der Waals surface area contributed by atoms with E-state index < -0.39 is 0 Å². The van der Waals surface area contributed by atoms with Crippen LogP contribution in [-0.2, 0) is 6.54 Å². The van der Waals surface area contributed by atoms with Crippen molar-refractivity contribution in [2.75, 3.05) is 0 Å². The number of carbonyl (C=O) groups excluding carboxylic acids is 1. The van der Waals surface area contributed by atoms with Crippen molar-refractivity contribution >= 4 is 23.0 Å². The number of nitrogens with one attached hydrogen (secondary N) is 1. The lowest BCUT2D eigenvalue weighted by molar-refractivity contribution is 0.0927. The molecular weight excluding hydrogens is 338 g/mol. The van der Waals surface area contributed by atoms with Gasteiger partial charge in [-0.2, -0.15) is 5.10 Å². The number of hydrogen-bond acceptors (Lipinski definition) is 3. The molecule has 2 aromatic carbocycles. The molecule has 1 N–H and O–H groups in total. The van der Waals surface area contributed by atoms with Crippen LogP contribution in [0.1, 0.15) is 27.2 Å². The summed E-state index contributed by atoms with van der Waals surface area (Å²) in [5, 5.41) is 5.17. The molecular formula is C22H19N3O2. The van der Waals surface area contributed by atoms with Crippen molar-refractivity contribution in [3.8, 4) is 0 Å². The van der Waals surface area contributed by atoms with E-state index in [0.29, 0.717) is 0 Å². The molecule has 0 aliphatic heterocycles. The van der Waals surface area contributed by atoms with E-state index in [1.54, 1.807) is 18.3 Å². The Balaban J connectivity index is 1.60. The normalized spacial score (nSPS) is 11.3. The number of nitrogens with zero attached hydrogens (tertiary/aromatic N) is 2. The fraction of sp³-hybridized carbons (Fsp3) is 0.0909. The smallest absolute Gasteiger partial charge is 0.307 e. The van der Waals surface area contributed by atoms with E-state index in [1.165, 1.54) is 17.4 Å². The van der Waals surface area contributed by atoms with Crippen molar-refractivity contribution in [1.82, 2.24) is 9.99 Å². The second-order valence-corrected chi connectivity index (χ2v) is 6.39. The number of aromatic nitrogens is 1. The molecule has 27 heavy (non-hydrogen) atoms. The van der Waals surface area contributed by atoms with E-state index in [-0.39, 0.29) is 11.7 Å². The first kappa shape index (κ1) is 16.8.